The lowest BCUT2D eigenvalue weighted by Crippen LogP contribution is -2.12. The maximum atomic E-state index is 12.3. The molecule has 134 valence electrons. The summed E-state index contributed by atoms with van der Waals surface area (Å²) in [4.78, 5) is 12.3. The standard InChI is InChI=1S/C21H24N4O/c1-3-7-19-14-20(25-24-19)21(26)23-18-12-10-17(11-13-18)22-15(2)16-8-5-4-6-9-16/h4-6,8-15,22H,3,7H2,1-2H3,(H,23,26)(H,24,25). The summed E-state index contributed by atoms with van der Waals surface area (Å²) in [5.74, 6) is -0.207. The number of H-pyrrole nitrogens is 1. The average molecular weight is 348 g/mol. The van der Waals surface area contributed by atoms with Gasteiger partial charge >= 0.3 is 0 Å². The predicted octanol–water partition coefficient (Wildman–Crippen LogP) is 4.79. The molecule has 0 aliphatic rings. The lowest BCUT2D eigenvalue weighted by Gasteiger charge is -2.16. The molecule has 5 nitrogen and oxygen atoms in total. The largest absolute Gasteiger partial charge is 0.379 e. The van der Waals surface area contributed by atoms with Gasteiger partial charge in [0, 0.05) is 23.1 Å². The highest BCUT2D eigenvalue weighted by Gasteiger charge is 2.11. The number of amides is 1. The molecule has 0 radical (unpaired) electrons. The van der Waals surface area contributed by atoms with Crippen molar-refractivity contribution in [1.82, 2.24) is 10.2 Å². The van der Waals surface area contributed by atoms with Gasteiger partial charge in [-0.2, -0.15) is 5.10 Å². The van der Waals surface area contributed by atoms with Gasteiger partial charge in [0.2, 0.25) is 0 Å². The Balaban J connectivity index is 1.59. The zero-order chi connectivity index (χ0) is 18.4. The van der Waals surface area contributed by atoms with Crippen molar-refractivity contribution in [2.45, 2.75) is 32.7 Å². The van der Waals surface area contributed by atoms with Crippen LogP contribution in [0.25, 0.3) is 0 Å². The van der Waals surface area contributed by atoms with Gasteiger partial charge in [0.25, 0.3) is 5.91 Å². The van der Waals surface area contributed by atoms with Crippen LogP contribution in [0.3, 0.4) is 0 Å². The number of aromatic nitrogens is 2. The Hall–Kier alpha value is -3.08. The molecule has 1 aromatic heterocycles. The second-order valence-corrected chi connectivity index (χ2v) is 6.34. The van der Waals surface area contributed by atoms with E-state index in [-0.39, 0.29) is 11.9 Å². The minimum atomic E-state index is -0.207. The van der Waals surface area contributed by atoms with E-state index in [9.17, 15) is 4.79 Å². The van der Waals surface area contributed by atoms with Gasteiger partial charge in [-0.3, -0.25) is 9.89 Å². The summed E-state index contributed by atoms with van der Waals surface area (Å²) >= 11 is 0. The molecular formula is C21H24N4O. The summed E-state index contributed by atoms with van der Waals surface area (Å²) in [5.41, 5.74) is 4.36. The van der Waals surface area contributed by atoms with E-state index in [0.717, 1.165) is 29.9 Å². The van der Waals surface area contributed by atoms with Gasteiger partial charge < -0.3 is 10.6 Å². The smallest absolute Gasteiger partial charge is 0.276 e. The molecule has 1 amide bonds. The van der Waals surface area contributed by atoms with Crippen LogP contribution in [0.5, 0.6) is 0 Å². The van der Waals surface area contributed by atoms with Crippen molar-refractivity contribution in [3.63, 3.8) is 0 Å². The molecule has 2 aromatic carbocycles. The fraction of sp³-hybridized carbons (Fsp3) is 0.238. The van der Waals surface area contributed by atoms with Gasteiger partial charge in [0.05, 0.1) is 0 Å². The molecule has 1 unspecified atom stereocenters. The molecule has 5 heteroatoms. The van der Waals surface area contributed by atoms with Crippen LogP contribution >= 0.6 is 0 Å². The summed E-state index contributed by atoms with van der Waals surface area (Å²) < 4.78 is 0. The maximum absolute atomic E-state index is 12.3. The quantitative estimate of drug-likeness (QED) is 0.575. The molecule has 3 N–H and O–H groups in total. The van der Waals surface area contributed by atoms with E-state index >= 15 is 0 Å². The molecule has 26 heavy (non-hydrogen) atoms. The highest BCUT2D eigenvalue weighted by atomic mass is 16.1. The zero-order valence-electron chi connectivity index (χ0n) is 15.1. The van der Waals surface area contributed by atoms with Crippen LogP contribution < -0.4 is 10.6 Å². The van der Waals surface area contributed by atoms with Crippen LogP contribution in [0.15, 0.2) is 60.7 Å². The van der Waals surface area contributed by atoms with Gasteiger partial charge in [-0.15, -0.1) is 0 Å². The highest BCUT2D eigenvalue weighted by Crippen LogP contribution is 2.21. The summed E-state index contributed by atoms with van der Waals surface area (Å²) in [6.45, 7) is 4.21. The number of hydrogen-bond acceptors (Lipinski definition) is 3. The van der Waals surface area contributed by atoms with Crippen molar-refractivity contribution in [1.29, 1.82) is 0 Å². The number of nitrogens with zero attached hydrogens (tertiary/aromatic N) is 1. The van der Waals surface area contributed by atoms with Crippen molar-refractivity contribution in [3.8, 4) is 0 Å². The number of carbonyl (C=O) groups is 1. The number of hydrogen-bond donors (Lipinski definition) is 3. The van der Waals surface area contributed by atoms with Crippen molar-refractivity contribution in [3.05, 3.63) is 77.6 Å². The SMILES string of the molecule is CCCc1cc(C(=O)Nc2ccc(NC(C)c3ccccc3)cc2)n[nH]1. The summed E-state index contributed by atoms with van der Waals surface area (Å²) in [6.07, 6.45) is 1.90. The number of anilines is 2. The van der Waals surface area contributed by atoms with Crippen LogP contribution in [-0.4, -0.2) is 16.1 Å². The summed E-state index contributed by atoms with van der Waals surface area (Å²) in [6, 6.07) is 20.0. The monoisotopic (exact) mass is 348 g/mol. The van der Waals surface area contributed by atoms with Crippen LogP contribution in [0.1, 0.15) is 48.1 Å². The third-order valence-electron chi connectivity index (χ3n) is 4.21. The van der Waals surface area contributed by atoms with Gasteiger partial charge in [0.15, 0.2) is 5.69 Å². The lowest BCUT2D eigenvalue weighted by molar-refractivity contribution is 0.102. The van der Waals surface area contributed by atoms with E-state index in [1.165, 1.54) is 5.56 Å². The Morgan fingerprint density at radius 1 is 1.08 bits per heavy atom. The van der Waals surface area contributed by atoms with E-state index in [1.54, 1.807) is 6.07 Å². The molecule has 3 aromatic rings. The Bertz CT molecular complexity index is 840. The van der Waals surface area contributed by atoms with E-state index < -0.39 is 0 Å². The molecule has 0 aliphatic heterocycles. The number of benzene rings is 2. The first-order chi connectivity index (χ1) is 12.7. The predicted molar refractivity (Wildman–Crippen MR) is 105 cm³/mol. The third-order valence-corrected chi connectivity index (χ3v) is 4.21. The number of aryl methyl sites for hydroxylation is 1. The van der Waals surface area contributed by atoms with E-state index in [0.29, 0.717) is 5.69 Å². The van der Waals surface area contributed by atoms with Crippen molar-refractivity contribution >= 4 is 17.3 Å². The molecule has 3 rings (SSSR count). The number of nitrogens with one attached hydrogen (secondary N) is 3. The molecular weight excluding hydrogens is 324 g/mol. The third kappa shape index (κ3) is 4.51. The molecule has 0 saturated carbocycles. The van der Waals surface area contributed by atoms with Crippen molar-refractivity contribution < 1.29 is 4.79 Å². The average Bonchev–Trinajstić information content (AvgIpc) is 3.13. The first-order valence-electron chi connectivity index (χ1n) is 8.93. The van der Waals surface area contributed by atoms with Crippen LogP contribution in [0.2, 0.25) is 0 Å². The number of rotatable bonds is 7. The van der Waals surface area contributed by atoms with Gasteiger partial charge in [-0.05, 0) is 49.2 Å². The maximum Gasteiger partial charge on any atom is 0.276 e. The molecule has 1 atom stereocenters. The van der Waals surface area contributed by atoms with E-state index in [4.69, 9.17) is 0 Å². The van der Waals surface area contributed by atoms with Crippen LogP contribution in [0.4, 0.5) is 11.4 Å². The summed E-state index contributed by atoms with van der Waals surface area (Å²) in [5, 5.41) is 13.3. The van der Waals surface area contributed by atoms with Crippen LogP contribution in [-0.2, 0) is 6.42 Å². The fourth-order valence-electron chi connectivity index (χ4n) is 2.80. The van der Waals surface area contributed by atoms with Crippen LogP contribution in [0, 0.1) is 0 Å². The Morgan fingerprint density at radius 2 is 1.77 bits per heavy atom. The number of aromatic amines is 1. The zero-order valence-corrected chi connectivity index (χ0v) is 15.1. The Labute approximate surface area is 153 Å². The van der Waals surface area contributed by atoms with Crippen molar-refractivity contribution in [2.75, 3.05) is 10.6 Å². The molecule has 0 spiro atoms. The molecule has 0 fully saturated rings. The fourth-order valence-corrected chi connectivity index (χ4v) is 2.80. The minimum absolute atomic E-state index is 0.206. The van der Waals surface area contributed by atoms with E-state index in [1.807, 2.05) is 42.5 Å². The molecule has 1 heterocycles. The van der Waals surface area contributed by atoms with E-state index in [2.05, 4.69) is 46.8 Å². The first-order valence-corrected chi connectivity index (χ1v) is 8.93. The van der Waals surface area contributed by atoms with Gasteiger partial charge in [0.1, 0.15) is 0 Å². The molecule has 0 saturated heterocycles. The van der Waals surface area contributed by atoms with Crippen molar-refractivity contribution in [2.24, 2.45) is 0 Å². The number of carbonyl (C=O) groups excluding carboxylic acids is 1. The highest BCUT2D eigenvalue weighted by molar-refractivity contribution is 6.02. The van der Waals surface area contributed by atoms with Gasteiger partial charge in [-0.25, -0.2) is 0 Å². The Morgan fingerprint density at radius 3 is 2.46 bits per heavy atom. The lowest BCUT2D eigenvalue weighted by atomic mass is 10.1. The first kappa shape index (κ1) is 17.7. The Kier molecular flexibility index (Phi) is 5.69. The molecule has 0 aliphatic carbocycles. The molecule has 0 bridgehead atoms. The second-order valence-electron chi connectivity index (χ2n) is 6.34. The second kappa shape index (κ2) is 8.34. The normalized spacial score (nSPS) is 11.8. The van der Waals surface area contributed by atoms with Gasteiger partial charge in [-0.1, -0.05) is 43.7 Å². The topological polar surface area (TPSA) is 69.8 Å². The minimum Gasteiger partial charge on any atom is -0.379 e. The summed E-state index contributed by atoms with van der Waals surface area (Å²) in [7, 11) is 0.